The van der Waals surface area contributed by atoms with Crippen molar-refractivity contribution in [2.75, 3.05) is 0 Å². The van der Waals surface area contributed by atoms with Gasteiger partial charge in [-0.2, -0.15) is 0 Å². The van der Waals surface area contributed by atoms with Crippen molar-refractivity contribution in [2.45, 2.75) is 50.0 Å². The minimum absolute atomic E-state index is 0.485. The normalized spacial score (nSPS) is 18.3. The fourth-order valence-corrected chi connectivity index (χ4v) is 1.45. The van der Waals surface area contributed by atoms with Crippen LogP contribution in [0.4, 0.5) is 0 Å². The monoisotopic (exact) mass is 284 g/mol. The van der Waals surface area contributed by atoms with Crippen LogP contribution in [0, 0.1) is 5.92 Å². The molecule has 2 unspecified atom stereocenters. The molecule has 0 aromatic carbocycles. The molecule has 2 atom stereocenters. The molecular formula is C9H21AsO3S. The van der Waals surface area contributed by atoms with Gasteiger partial charge in [0.05, 0.1) is 0 Å². The Morgan fingerprint density at radius 1 is 1.43 bits per heavy atom. The smallest absolute Gasteiger partial charge is 0.0414 e. The van der Waals surface area contributed by atoms with Crippen molar-refractivity contribution >= 4 is 27.0 Å². The van der Waals surface area contributed by atoms with E-state index in [4.69, 9.17) is 4.55 Å². The van der Waals surface area contributed by atoms with Crippen LogP contribution in [0.15, 0.2) is 0 Å². The quantitative estimate of drug-likeness (QED) is 0.628. The summed E-state index contributed by atoms with van der Waals surface area (Å²) in [4.78, 5) is 0. The topological polar surface area (TPSA) is 54.4 Å². The summed E-state index contributed by atoms with van der Waals surface area (Å²) in [6, 6.07) is 0. The number of hydrogen-bond donors (Lipinski definition) is 1. The van der Waals surface area contributed by atoms with E-state index in [1.54, 1.807) is 6.92 Å². The van der Waals surface area contributed by atoms with E-state index in [1.807, 2.05) is 0 Å². The van der Waals surface area contributed by atoms with E-state index in [-0.39, 0.29) is 0 Å². The van der Waals surface area contributed by atoms with Crippen LogP contribution in [0.1, 0.15) is 46.0 Å². The minimum Gasteiger partial charge on any atom is -0.0654 e. The molecule has 0 aromatic heterocycles. The van der Waals surface area contributed by atoms with Gasteiger partial charge >= 0.3 is 57.3 Å². The summed E-state index contributed by atoms with van der Waals surface area (Å²) < 4.78 is 28.0. The Balaban J connectivity index is 0.000000249. The van der Waals surface area contributed by atoms with Crippen LogP contribution in [-0.4, -0.2) is 33.9 Å². The number of rotatable bonds is 4. The van der Waals surface area contributed by atoms with Gasteiger partial charge in [-0.05, 0) is 5.92 Å². The first-order valence-electron chi connectivity index (χ1n) is 5.13. The zero-order valence-corrected chi connectivity index (χ0v) is 12.2. The Labute approximate surface area is 95.9 Å². The Kier molecular flexibility index (Phi) is 7.09. The molecule has 0 aliphatic heterocycles. The van der Waals surface area contributed by atoms with Crippen molar-refractivity contribution < 1.29 is 13.0 Å². The van der Waals surface area contributed by atoms with Crippen molar-refractivity contribution in [3.05, 3.63) is 0 Å². The van der Waals surface area contributed by atoms with Gasteiger partial charge in [0.25, 0.3) is 0 Å². The van der Waals surface area contributed by atoms with Crippen LogP contribution in [0.25, 0.3) is 0 Å². The fourth-order valence-electron chi connectivity index (χ4n) is 1.03. The molecule has 1 saturated carbocycles. The van der Waals surface area contributed by atoms with Gasteiger partial charge in [-0.3, -0.25) is 0 Å². The van der Waals surface area contributed by atoms with Crippen LogP contribution in [0.3, 0.4) is 0 Å². The van der Waals surface area contributed by atoms with Crippen molar-refractivity contribution in [1.82, 2.24) is 0 Å². The molecule has 1 aliphatic rings. The fraction of sp³-hybridized carbons (Fsp3) is 1.00. The molecule has 0 saturated heterocycles. The first-order chi connectivity index (χ1) is 6.41. The molecule has 14 heavy (non-hydrogen) atoms. The van der Waals surface area contributed by atoms with Crippen LogP contribution in [-0.2, 0) is 10.1 Å². The van der Waals surface area contributed by atoms with Crippen molar-refractivity contribution in [3.63, 3.8) is 0 Å². The first-order valence-corrected chi connectivity index (χ1v) is 8.03. The van der Waals surface area contributed by atoms with E-state index in [0.717, 1.165) is 22.8 Å². The maximum Gasteiger partial charge on any atom is -0.0414 e. The largest absolute Gasteiger partial charge is 0.0654 e. The standard InChI is InChI=1S/C6H12.C3H9AsO3S/c1-2-3-6-4-5-6;1-2-3(4)8(5,6)7/h6H,2-5H2,1H3;3H,2,4H2,1H3,(H,5,6,7). The molecule has 0 radical (unpaired) electrons. The Morgan fingerprint density at radius 3 is 2.00 bits per heavy atom. The average molecular weight is 284 g/mol. The molecule has 0 aromatic rings. The summed E-state index contributed by atoms with van der Waals surface area (Å²) in [5.41, 5.74) is 0. The summed E-state index contributed by atoms with van der Waals surface area (Å²) in [6.45, 7) is 3.98. The maximum absolute atomic E-state index is 10.1. The third kappa shape index (κ3) is 7.83. The Morgan fingerprint density at radius 2 is 1.93 bits per heavy atom. The molecule has 1 N–H and O–H groups in total. The second kappa shape index (κ2) is 6.86. The van der Waals surface area contributed by atoms with Crippen molar-refractivity contribution in [2.24, 2.45) is 5.92 Å². The first kappa shape index (κ1) is 14.5. The molecule has 0 bridgehead atoms. The maximum atomic E-state index is 10.1. The zero-order valence-electron chi connectivity index (χ0n) is 8.94. The van der Waals surface area contributed by atoms with Crippen molar-refractivity contribution in [3.8, 4) is 0 Å². The second-order valence-corrected chi connectivity index (χ2v) is 8.03. The minimum atomic E-state index is -3.73. The summed E-state index contributed by atoms with van der Waals surface area (Å²) in [7, 11) is -3.73. The summed E-state index contributed by atoms with van der Waals surface area (Å²) >= 11 is 1.04. The van der Waals surface area contributed by atoms with Gasteiger partial charge in [0.1, 0.15) is 0 Å². The van der Waals surface area contributed by atoms with Gasteiger partial charge in [0.2, 0.25) is 0 Å². The molecule has 0 spiro atoms. The molecule has 1 rings (SSSR count). The Hall–Kier alpha value is 0.468. The van der Waals surface area contributed by atoms with Crippen LogP contribution in [0.5, 0.6) is 0 Å². The van der Waals surface area contributed by atoms with Gasteiger partial charge in [0.15, 0.2) is 0 Å². The predicted octanol–water partition coefficient (Wildman–Crippen LogP) is 1.44. The van der Waals surface area contributed by atoms with E-state index in [2.05, 4.69) is 6.92 Å². The van der Waals surface area contributed by atoms with Gasteiger partial charge < -0.3 is 0 Å². The van der Waals surface area contributed by atoms with E-state index >= 15 is 0 Å². The molecule has 1 aliphatic carbocycles. The molecule has 1 fully saturated rings. The van der Waals surface area contributed by atoms with E-state index < -0.39 is 14.2 Å². The van der Waals surface area contributed by atoms with Gasteiger partial charge in [-0.25, -0.2) is 0 Å². The summed E-state index contributed by atoms with van der Waals surface area (Å²) in [6.07, 6.45) is 6.41. The van der Waals surface area contributed by atoms with Gasteiger partial charge in [0, 0.05) is 0 Å². The molecule has 0 heterocycles. The second-order valence-electron chi connectivity index (χ2n) is 3.69. The van der Waals surface area contributed by atoms with Gasteiger partial charge in [-0.15, -0.1) is 0 Å². The van der Waals surface area contributed by atoms with Crippen LogP contribution >= 0.6 is 0 Å². The SMILES string of the molecule is CCC([AsH2])S(=O)(=O)O.CCCC1CC1. The number of hydrogen-bond acceptors (Lipinski definition) is 2. The molecular weight excluding hydrogens is 263 g/mol. The predicted molar refractivity (Wildman–Crippen MR) is 61.8 cm³/mol. The molecule has 3 nitrogen and oxygen atoms in total. The average Bonchev–Trinajstić information content (AvgIpc) is 2.87. The van der Waals surface area contributed by atoms with E-state index in [1.165, 1.54) is 25.7 Å². The third-order valence-corrected chi connectivity index (χ3v) is 6.43. The zero-order chi connectivity index (χ0) is 11.2. The third-order valence-electron chi connectivity index (χ3n) is 2.18. The van der Waals surface area contributed by atoms with E-state index in [9.17, 15) is 8.42 Å². The van der Waals surface area contributed by atoms with Crippen molar-refractivity contribution in [1.29, 1.82) is 0 Å². The van der Waals surface area contributed by atoms with Gasteiger partial charge in [-0.1, -0.05) is 32.6 Å². The molecule has 5 heteroatoms. The summed E-state index contributed by atoms with van der Waals surface area (Å²) in [5, 5.41) is 0. The van der Waals surface area contributed by atoms with Crippen LogP contribution < -0.4 is 0 Å². The summed E-state index contributed by atoms with van der Waals surface area (Å²) in [5.74, 6) is 1.15. The van der Waals surface area contributed by atoms with E-state index in [0.29, 0.717) is 6.42 Å². The molecule has 0 amide bonds. The Bertz CT molecular complexity index is 234. The molecule has 86 valence electrons. The van der Waals surface area contributed by atoms with Crippen LogP contribution in [0.2, 0.25) is 0 Å².